The quantitative estimate of drug-likeness (QED) is 0.457. The number of aromatic amines is 1. The summed E-state index contributed by atoms with van der Waals surface area (Å²) in [5.41, 5.74) is 0.199. The highest BCUT2D eigenvalue weighted by atomic mass is 32.2. The molecule has 1 aromatic heterocycles. The zero-order chi connectivity index (χ0) is 23.1. The summed E-state index contributed by atoms with van der Waals surface area (Å²) in [5, 5.41) is -0.415. The number of rotatable bonds is 4. The van der Waals surface area contributed by atoms with E-state index in [4.69, 9.17) is 0 Å². The van der Waals surface area contributed by atoms with Crippen LogP contribution in [0.15, 0.2) is 70.4 Å². The van der Waals surface area contributed by atoms with Crippen molar-refractivity contribution in [1.82, 2.24) is 4.98 Å². The number of nitrogens with one attached hydrogen (secondary N) is 2. The Bertz CT molecular complexity index is 1480. The molecule has 0 saturated carbocycles. The van der Waals surface area contributed by atoms with E-state index in [-0.39, 0.29) is 16.1 Å². The highest BCUT2D eigenvalue weighted by Crippen LogP contribution is 2.34. The second kappa shape index (κ2) is 7.73. The van der Waals surface area contributed by atoms with Gasteiger partial charge >= 0.3 is 6.18 Å². The van der Waals surface area contributed by atoms with Gasteiger partial charge in [-0.15, -0.1) is 0 Å². The van der Waals surface area contributed by atoms with Crippen molar-refractivity contribution in [1.29, 1.82) is 0 Å². The van der Waals surface area contributed by atoms with Gasteiger partial charge in [0.15, 0.2) is 0 Å². The molecule has 2 N–H and O–H groups in total. The van der Waals surface area contributed by atoms with E-state index < -0.39 is 32.7 Å². The average Bonchev–Trinajstić information content (AvgIpc) is 2.74. The molecule has 0 unspecified atom stereocenters. The first-order chi connectivity index (χ1) is 15.0. The minimum Gasteiger partial charge on any atom is -0.322 e. The minimum atomic E-state index is -4.82. The lowest BCUT2D eigenvalue weighted by Gasteiger charge is -2.14. The van der Waals surface area contributed by atoms with E-state index in [0.29, 0.717) is 11.6 Å². The van der Waals surface area contributed by atoms with E-state index >= 15 is 0 Å². The maximum Gasteiger partial charge on any atom is 0.417 e. The summed E-state index contributed by atoms with van der Waals surface area (Å²) in [4.78, 5) is 13.5. The summed E-state index contributed by atoms with van der Waals surface area (Å²) in [6, 6.07) is 19.6. The van der Waals surface area contributed by atoms with E-state index in [9.17, 15) is 26.4 Å². The topological polar surface area (TPSA) is 79.0 Å². The molecule has 0 saturated heterocycles. The fourth-order valence-electron chi connectivity index (χ4n) is 3.28. The number of alkyl halides is 3. The van der Waals surface area contributed by atoms with Crippen LogP contribution in [-0.2, 0) is 16.2 Å². The Balaban J connectivity index is 1.78. The Morgan fingerprint density at radius 3 is 2.44 bits per heavy atom. The number of hydrogen-bond donors (Lipinski definition) is 2. The van der Waals surface area contributed by atoms with Crippen LogP contribution in [0, 0.1) is 19.1 Å². The Morgan fingerprint density at radius 2 is 1.75 bits per heavy atom. The molecule has 0 aliphatic heterocycles. The number of benzene rings is 2. The summed E-state index contributed by atoms with van der Waals surface area (Å²) in [5.74, 6) is 0. The lowest BCUT2D eigenvalue weighted by atomic mass is 10.0. The van der Waals surface area contributed by atoms with Gasteiger partial charge in [-0.3, -0.25) is 9.52 Å². The van der Waals surface area contributed by atoms with Crippen LogP contribution in [0.1, 0.15) is 11.1 Å². The number of aryl methyl sites for hydroxylation is 1. The molecular weight excluding hydrogens is 441 g/mol. The van der Waals surface area contributed by atoms with Crippen LogP contribution in [0.3, 0.4) is 0 Å². The fraction of sp³-hybridized carbons (Fsp3) is 0.0870. The van der Waals surface area contributed by atoms with Crippen LogP contribution in [-0.4, -0.2) is 13.4 Å². The van der Waals surface area contributed by atoms with Gasteiger partial charge in [0.25, 0.3) is 10.0 Å². The van der Waals surface area contributed by atoms with Crippen molar-refractivity contribution >= 4 is 26.6 Å². The molecule has 0 spiro atoms. The van der Waals surface area contributed by atoms with E-state index in [1.54, 1.807) is 37.3 Å². The number of halogens is 3. The summed E-state index contributed by atoms with van der Waals surface area (Å²) in [6.07, 6.45) is -4.82. The summed E-state index contributed by atoms with van der Waals surface area (Å²) in [7, 11) is -4.22. The van der Waals surface area contributed by atoms with E-state index in [2.05, 4.69) is 21.8 Å². The number of pyridine rings is 1. The maximum absolute atomic E-state index is 13.4. The molecule has 0 fully saturated rings. The molecule has 0 bridgehead atoms. The monoisotopic (exact) mass is 456 g/mol. The van der Waals surface area contributed by atoms with E-state index in [1.165, 1.54) is 0 Å². The predicted octanol–water partition coefficient (Wildman–Crippen LogP) is 4.92. The second-order valence-electron chi connectivity index (χ2n) is 7.11. The van der Waals surface area contributed by atoms with Crippen LogP contribution < -0.4 is 10.3 Å². The first kappa shape index (κ1) is 21.5. The van der Waals surface area contributed by atoms with E-state index in [0.717, 1.165) is 29.3 Å². The average molecular weight is 456 g/mol. The molecule has 5 nitrogen and oxygen atoms in total. The Labute approximate surface area is 181 Å². The Kier molecular flexibility index (Phi) is 5.18. The molecule has 3 aromatic carbocycles. The van der Waals surface area contributed by atoms with Crippen molar-refractivity contribution in [3.8, 4) is 11.1 Å². The molecule has 162 valence electrons. The molecule has 9 heteroatoms. The Hall–Kier alpha value is -3.77. The molecular formula is C23H15F3N2O3S. The van der Waals surface area contributed by atoms with Crippen molar-refractivity contribution in [2.75, 3.05) is 4.72 Å². The predicted molar refractivity (Wildman–Crippen MR) is 115 cm³/mol. The third-order valence-corrected chi connectivity index (χ3v) is 6.27. The van der Waals surface area contributed by atoms with Crippen molar-refractivity contribution in [3.05, 3.63) is 94.3 Å². The minimum absolute atomic E-state index is 0.112. The zero-order valence-electron chi connectivity index (χ0n) is 16.5. The van der Waals surface area contributed by atoms with Crippen LogP contribution in [0.4, 0.5) is 18.9 Å². The van der Waals surface area contributed by atoms with Crippen LogP contribution >= 0.6 is 0 Å². The molecule has 0 amide bonds. The van der Waals surface area contributed by atoms with Gasteiger partial charge in [0, 0.05) is 17.0 Å². The smallest absolute Gasteiger partial charge is 0.322 e. The van der Waals surface area contributed by atoms with Crippen molar-refractivity contribution in [2.45, 2.75) is 18.0 Å². The maximum atomic E-state index is 13.4. The van der Waals surface area contributed by atoms with Crippen LogP contribution in [0.2, 0.25) is 0 Å². The van der Waals surface area contributed by atoms with Crippen molar-refractivity contribution < 1.29 is 21.6 Å². The third kappa shape index (κ3) is 4.18. The highest BCUT2D eigenvalue weighted by molar-refractivity contribution is 7.92. The molecule has 0 aliphatic carbocycles. The first-order valence-electron chi connectivity index (χ1n) is 9.30. The van der Waals surface area contributed by atoms with Gasteiger partial charge in [0.1, 0.15) is 0 Å². The van der Waals surface area contributed by atoms with Gasteiger partial charge in [0.2, 0.25) is 5.56 Å². The van der Waals surface area contributed by atoms with Gasteiger partial charge in [-0.2, -0.15) is 13.2 Å². The standard InChI is InChI=1S/C23H15F3N2O3S/c1-14-7-8-16(15-5-3-2-4-6-15)11-21(14)28-32(30,31)17-9-10-20-18(12-17)19(23(24,25)26)13-22(29)27-20/h3,5-13,28H,1H3,(H,27,29). The zero-order valence-corrected chi connectivity index (χ0v) is 17.4. The van der Waals surface area contributed by atoms with Crippen molar-refractivity contribution in [3.63, 3.8) is 0 Å². The number of aromatic nitrogens is 1. The highest BCUT2D eigenvalue weighted by Gasteiger charge is 2.33. The second-order valence-corrected chi connectivity index (χ2v) is 8.79. The van der Waals surface area contributed by atoms with Gasteiger partial charge in [-0.05, 0) is 66.1 Å². The molecule has 0 radical (unpaired) electrons. The SMILES string of the molecule is Cc1ccc(-c2cc#ccc2)cc1NS(=O)(=O)c1ccc2[nH]c(=O)cc(C(F)(F)F)c2c1. The fourth-order valence-corrected chi connectivity index (χ4v) is 4.42. The van der Waals surface area contributed by atoms with Gasteiger partial charge in [-0.25, -0.2) is 8.42 Å². The number of anilines is 1. The molecule has 1 heterocycles. The molecule has 4 aromatic rings. The van der Waals surface area contributed by atoms with Crippen LogP contribution in [0.25, 0.3) is 22.0 Å². The normalized spacial score (nSPS) is 11.9. The number of hydrogen-bond acceptors (Lipinski definition) is 3. The third-order valence-electron chi connectivity index (χ3n) is 4.90. The first-order valence-corrected chi connectivity index (χ1v) is 10.8. The molecule has 0 atom stereocenters. The Morgan fingerprint density at radius 1 is 0.969 bits per heavy atom. The molecule has 4 rings (SSSR count). The van der Waals surface area contributed by atoms with Gasteiger partial charge < -0.3 is 4.98 Å². The van der Waals surface area contributed by atoms with Gasteiger partial charge in [0.05, 0.1) is 16.1 Å². The lowest BCUT2D eigenvalue weighted by Crippen LogP contribution is -2.16. The lowest BCUT2D eigenvalue weighted by molar-refractivity contribution is -0.136. The van der Waals surface area contributed by atoms with Gasteiger partial charge in [-0.1, -0.05) is 24.3 Å². The number of sulfonamides is 1. The van der Waals surface area contributed by atoms with E-state index in [1.807, 2.05) is 6.07 Å². The largest absolute Gasteiger partial charge is 0.417 e. The summed E-state index contributed by atoms with van der Waals surface area (Å²) >= 11 is 0. The molecule has 0 aliphatic rings. The van der Waals surface area contributed by atoms with Crippen molar-refractivity contribution in [2.24, 2.45) is 0 Å². The summed E-state index contributed by atoms with van der Waals surface area (Å²) in [6.45, 7) is 1.71. The molecule has 32 heavy (non-hydrogen) atoms. The number of fused-ring (bicyclic) bond motifs is 1. The summed E-state index contributed by atoms with van der Waals surface area (Å²) < 4.78 is 68.7. The number of H-pyrrole nitrogens is 1. The van der Waals surface area contributed by atoms with Crippen LogP contribution in [0.5, 0.6) is 0 Å².